The van der Waals surface area contributed by atoms with E-state index in [1.807, 2.05) is 0 Å². The van der Waals surface area contributed by atoms with Crippen molar-refractivity contribution in [2.75, 3.05) is 25.7 Å². The molecule has 17 heavy (non-hydrogen) atoms. The first kappa shape index (κ1) is 13.6. The molecular formula is C14H25ClO2. The van der Waals surface area contributed by atoms with Crippen molar-refractivity contribution in [3.63, 3.8) is 0 Å². The van der Waals surface area contributed by atoms with E-state index in [9.17, 15) is 0 Å². The molecule has 2 unspecified atom stereocenters. The Morgan fingerprint density at radius 3 is 2.82 bits per heavy atom. The molecule has 0 bridgehead atoms. The lowest BCUT2D eigenvalue weighted by molar-refractivity contribution is 0.0184. The summed E-state index contributed by atoms with van der Waals surface area (Å²) in [5.74, 6) is 1.51. The Kier molecular flexibility index (Phi) is 5.13. The van der Waals surface area contributed by atoms with Crippen molar-refractivity contribution in [1.29, 1.82) is 0 Å². The van der Waals surface area contributed by atoms with Crippen LogP contribution in [0.3, 0.4) is 0 Å². The summed E-state index contributed by atoms with van der Waals surface area (Å²) in [6.45, 7) is 4.82. The molecule has 1 heterocycles. The van der Waals surface area contributed by atoms with Gasteiger partial charge in [0.25, 0.3) is 0 Å². The Morgan fingerprint density at radius 1 is 1.35 bits per heavy atom. The second-order valence-corrected chi connectivity index (χ2v) is 5.86. The van der Waals surface area contributed by atoms with E-state index in [-0.39, 0.29) is 5.41 Å². The van der Waals surface area contributed by atoms with Gasteiger partial charge in [-0.15, -0.1) is 11.6 Å². The largest absolute Gasteiger partial charge is 0.381 e. The molecule has 100 valence electrons. The molecule has 0 spiro atoms. The second kappa shape index (κ2) is 6.40. The molecule has 2 atom stereocenters. The standard InChI is InChI=1S/C14H25ClO2/c1-2-3-8-16-9-6-14(11-15)7-10-17-13(14)12-4-5-12/h12-13H,2-11H2,1H3. The van der Waals surface area contributed by atoms with Crippen LogP contribution in [-0.4, -0.2) is 31.8 Å². The normalized spacial score (nSPS) is 33.2. The average molecular weight is 261 g/mol. The highest BCUT2D eigenvalue weighted by Crippen LogP contribution is 2.50. The van der Waals surface area contributed by atoms with Crippen LogP contribution in [0.15, 0.2) is 0 Å². The van der Waals surface area contributed by atoms with Gasteiger partial charge in [-0.25, -0.2) is 0 Å². The van der Waals surface area contributed by atoms with Crippen LogP contribution >= 0.6 is 11.6 Å². The van der Waals surface area contributed by atoms with Crippen molar-refractivity contribution in [3.8, 4) is 0 Å². The van der Waals surface area contributed by atoms with Gasteiger partial charge in [0.15, 0.2) is 0 Å². The molecule has 0 amide bonds. The number of hydrogen-bond acceptors (Lipinski definition) is 2. The number of hydrogen-bond donors (Lipinski definition) is 0. The van der Waals surface area contributed by atoms with Crippen molar-refractivity contribution in [2.45, 2.75) is 51.6 Å². The molecular weight excluding hydrogens is 236 g/mol. The molecule has 0 aromatic rings. The molecule has 0 radical (unpaired) electrons. The van der Waals surface area contributed by atoms with Gasteiger partial charge >= 0.3 is 0 Å². The SMILES string of the molecule is CCCCOCCC1(CCl)CCOC1C1CC1. The van der Waals surface area contributed by atoms with E-state index in [0.717, 1.165) is 50.9 Å². The molecule has 1 aliphatic heterocycles. The van der Waals surface area contributed by atoms with Crippen LogP contribution in [0.25, 0.3) is 0 Å². The lowest BCUT2D eigenvalue weighted by Gasteiger charge is -2.32. The Hall–Kier alpha value is 0.210. The third-order valence-corrected chi connectivity index (χ3v) is 4.74. The van der Waals surface area contributed by atoms with E-state index in [2.05, 4.69) is 6.92 Å². The zero-order chi connectivity index (χ0) is 12.1. The minimum atomic E-state index is 0.203. The smallest absolute Gasteiger partial charge is 0.0672 e. The first-order valence-electron chi connectivity index (χ1n) is 7.08. The fourth-order valence-corrected chi connectivity index (χ4v) is 3.26. The Bertz CT molecular complexity index is 230. The lowest BCUT2D eigenvalue weighted by atomic mass is 9.78. The van der Waals surface area contributed by atoms with Gasteiger partial charge in [0.05, 0.1) is 6.10 Å². The molecule has 1 aliphatic carbocycles. The van der Waals surface area contributed by atoms with Crippen molar-refractivity contribution < 1.29 is 9.47 Å². The minimum Gasteiger partial charge on any atom is -0.381 e. The topological polar surface area (TPSA) is 18.5 Å². The molecule has 2 rings (SSSR count). The second-order valence-electron chi connectivity index (χ2n) is 5.59. The predicted molar refractivity (Wildman–Crippen MR) is 70.6 cm³/mol. The lowest BCUT2D eigenvalue weighted by Crippen LogP contribution is -2.35. The number of unbranched alkanes of at least 4 members (excludes halogenated alkanes) is 1. The van der Waals surface area contributed by atoms with E-state index in [1.54, 1.807) is 0 Å². The first-order chi connectivity index (χ1) is 8.32. The van der Waals surface area contributed by atoms with Crippen LogP contribution in [0, 0.1) is 11.3 Å². The highest BCUT2D eigenvalue weighted by Gasteiger charge is 2.50. The maximum atomic E-state index is 6.24. The fraction of sp³-hybridized carbons (Fsp3) is 1.00. The molecule has 2 nitrogen and oxygen atoms in total. The molecule has 2 aliphatic rings. The molecule has 1 saturated heterocycles. The molecule has 0 aromatic heterocycles. The summed E-state index contributed by atoms with van der Waals surface area (Å²) >= 11 is 6.24. The summed E-state index contributed by atoms with van der Waals surface area (Å²) in [4.78, 5) is 0. The zero-order valence-corrected chi connectivity index (χ0v) is 11.7. The fourth-order valence-electron chi connectivity index (χ4n) is 2.84. The summed E-state index contributed by atoms with van der Waals surface area (Å²) in [6, 6.07) is 0. The minimum absolute atomic E-state index is 0.203. The van der Waals surface area contributed by atoms with Crippen molar-refractivity contribution in [3.05, 3.63) is 0 Å². The zero-order valence-electron chi connectivity index (χ0n) is 10.9. The summed E-state index contributed by atoms with van der Waals surface area (Å²) in [5, 5.41) is 0. The van der Waals surface area contributed by atoms with Crippen LogP contribution in [0.2, 0.25) is 0 Å². The van der Waals surface area contributed by atoms with Crippen LogP contribution in [-0.2, 0) is 9.47 Å². The van der Waals surface area contributed by atoms with Crippen LogP contribution in [0.4, 0.5) is 0 Å². The summed E-state index contributed by atoms with van der Waals surface area (Å²) in [6.07, 6.45) is 7.64. The summed E-state index contributed by atoms with van der Waals surface area (Å²) in [5.41, 5.74) is 0.203. The van der Waals surface area contributed by atoms with Crippen LogP contribution < -0.4 is 0 Å². The van der Waals surface area contributed by atoms with E-state index >= 15 is 0 Å². The number of ether oxygens (including phenoxy) is 2. The highest BCUT2D eigenvalue weighted by molar-refractivity contribution is 6.18. The number of rotatable bonds is 8. The maximum Gasteiger partial charge on any atom is 0.0672 e. The van der Waals surface area contributed by atoms with Gasteiger partial charge < -0.3 is 9.47 Å². The number of alkyl halides is 1. The molecule has 2 fully saturated rings. The van der Waals surface area contributed by atoms with Gasteiger partial charge in [0, 0.05) is 31.1 Å². The molecule has 0 N–H and O–H groups in total. The van der Waals surface area contributed by atoms with Crippen LogP contribution in [0.5, 0.6) is 0 Å². The van der Waals surface area contributed by atoms with Crippen molar-refractivity contribution in [2.24, 2.45) is 11.3 Å². The summed E-state index contributed by atoms with van der Waals surface area (Å²) < 4.78 is 11.6. The van der Waals surface area contributed by atoms with E-state index in [0.29, 0.717) is 6.10 Å². The van der Waals surface area contributed by atoms with Crippen molar-refractivity contribution in [1.82, 2.24) is 0 Å². The third kappa shape index (κ3) is 3.36. The Labute approximate surface area is 110 Å². The predicted octanol–water partition coefficient (Wildman–Crippen LogP) is 3.62. The van der Waals surface area contributed by atoms with E-state index in [1.165, 1.54) is 19.3 Å². The molecule has 0 aromatic carbocycles. The van der Waals surface area contributed by atoms with Crippen molar-refractivity contribution >= 4 is 11.6 Å². The van der Waals surface area contributed by atoms with Gasteiger partial charge in [-0.3, -0.25) is 0 Å². The van der Waals surface area contributed by atoms with E-state index < -0.39 is 0 Å². The quantitative estimate of drug-likeness (QED) is 0.490. The first-order valence-corrected chi connectivity index (χ1v) is 7.61. The van der Waals surface area contributed by atoms with Gasteiger partial charge in [0.1, 0.15) is 0 Å². The Balaban J connectivity index is 1.77. The highest BCUT2D eigenvalue weighted by atomic mass is 35.5. The molecule has 3 heteroatoms. The maximum absolute atomic E-state index is 6.24. The average Bonchev–Trinajstić information content (AvgIpc) is 3.10. The van der Waals surface area contributed by atoms with Gasteiger partial charge in [-0.05, 0) is 38.0 Å². The van der Waals surface area contributed by atoms with Gasteiger partial charge in [-0.2, -0.15) is 0 Å². The Morgan fingerprint density at radius 2 is 2.18 bits per heavy atom. The van der Waals surface area contributed by atoms with Gasteiger partial charge in [0.2, 0.25) is 0 Å². The number of halogens is 1. The van der Waals surface area contributed by atoms with E-state index in [4.69, 9.17) is 21.1 Å². The summed E-state index contributed by atoms with van der Waals surface area (Å²) in [7, 11) is 0. The third-order valence-electron chi connectivity index (χ3n) is 4.20. The monoisotopic (exact) mass is 260 g/mol. The molecule has 1 saturated carbocycles. The van der Waals surface area contributed by atoms with Crippen LogP contribution in [0.1, 0.15) is 45.4 Å². The van der Waals surface area contributed by atoms with Gasteiger partial charge in [-0.1, -0.05) is 13.3 Å².